The Morgan fingerprint density at radius 1 is 1.11 bits per heavy atom. The van der Waals surface area contributed by atoms with Gasteiger partial charge in [-0.05, 0) is 48.6 Å². The normalized spacial score (nSPS) is 14.9. The second-order valence-electron chi connectivity index (χ2n) is 8.99. The lowest BCUT2D eigenvalue weighted by Crippen LogP contribution is -2.42. The summed E-state index contributed by atoms with van der Waals surface area (Å²) in [6, 6.07) is 10.4. The number of thiazole rings is 1. The Kier molecular flexibility index (Phi) is 9.09. The van der Waals surface area contributed by atoms with Crippen molar-refractivity contribution in [2.75, 3.05) is 5.32 Å². The molecule has 3 aromatic rings. The molecule has 1 atom stereocenters. The van der Waals surface area contributed by atoms with Crippen LogP contribution in [0.5, 0.6) is 0 Å². The molecule has 1 saturated carbocycles. The van der Waals surface area contributed by atoms with E-state index < -0.39 is 29.5 Å². The highest BCUT2D eigenvalue weighted by Crippen LogP contribution is 2.36. The molecule has 1 aliphatic carbocycles. The van der Waals surface area contributed by atoms with E-state index in [-0.39, 0.29) is 12.0 Å². The lowest BCUT2D eigenvalue weighted by atomic mass is 10.0. The molecular formula is C27H29F2N3O2S2. The minimum Gasteiger partial charge on any atom is -0.344 e. The van der Waals surface area contributed by atoms with Crippen LogP contribution in [0.1, 0.15) is 50.2 Å². The van der Waals surface area contributed by atoms with Crippen LogP contribution in [-0.2, 0) is 21.8 Å². The summed E-state index contributed by atoms with van der Waals surface area (Å²) in [5.41, 5.74) is 2.56. The number of nitrogens with zero attached hydrogens (tertiary/aromatic N) is 1. The quantitative estimate of drug-likeness (QED) is 0.339. The predicted octanol–water partition coefficient (Wildman–Crippen LogP) is 6.34. The molecule has 2 N–H and O–H groups in total. The number of halogens is 2. The molecule has 1 aliphatic rings. The number of amides is 2. The Bertz CT molecular complexity index is 1190. The van der Waals surface area contributed by atoms with Gasteiger partial charge in [-0.1, -0.05) is 54.9 Å². The summed E-state index contributed by atoms with van der Waals surface area (Å²) < 4.78 is 26.7. The number of rotatable bonds is 9. The van der Waals surface area contributed by atoms with Gasteiger partial charge in [0.1, 0.15) is 17.7 Å². The average molecular weight is 530 g/mol. The van der Waals surface area contributed by atoms with Gasteiger partial charge in [-0.3, -0.25) is 9.59 Å². The molecule has 0 radical (unpaired) electrons. The van der Waals surface area contributed by atoms with Crippen molar-refractivity contribution in [3.8, 4) is 10.4 Å². The fourth-order valence-corrected chi connectivity index (χ4v) is 6.47. The SMILES string of the molecule is C[C@H](NC(=O)Cc1cc(F)cc(F)c1)C(=O)Nc1ncc(-c2ccccc2CSC2CCCCC2)s1. The average Bonchev–Trinajstić information content (AvgIpc) is 3.31. The molecule has 5 nitrogen and oxygen atoms in total. The van der Waals surface area contributed by atoms with Crippen molar-refractivity contribution in [2.45, 2.75) is 62.5 Å². The van der Waals surface area contributed by atoms with Gasteiger partial charge in [-0.2, -0.15) is 11.8 Å². The molecule has 0 saturated heterocycles. The van der Waals surface area contributed by atoms with Crippen LogP contribution < -0.4 is 10.6 Å². The fraction of sp³-hybridized carbons (Fsp3) is 0.370. The van der Waals surface area contributed by atoms with Crippen LogP contribution in [-0.4, -0.2) is 28.1 Å². The van der Waals surface area contributed by atoms with Crippen LogP contribution >= 0.6 is 23.1 Å². The van der Waals surface area contributed by atoms with E-state index >= 15 is 0 Å². The third-order valence-electron chi connectivity index (χ3n) is 6.10. The van der Waals surface area contributed by atoms with Crippen molar-refractivity contribution in [1.29, 1.82) is 0 Å². The maximum atomic E-state index is 13.3. The summed E-state index contributed by atoms with van der Waals surface area (Å²) in [5, 5.41) is 6.48. The van der Waals surface area contributed by atoms with Gasteiger partial charge >= 0.3 is 0 Å². The summed E-state index contributed by atoms with van der Waals surface area (Å²) in [5.74, 6) is -1.49. The maximum Gasteiger partial charge on any atom is 0.248 e. The van der Waals surface area contributed by atoms with E-state index in [1.54, 1.807) is 13.1 Å². The van der Waals surface area contributed by atoms with Gasteiger partial charge in [0.2, 0.25) is 11.8 Å². The molecule has 0 bridgehead atoms. The minimum absolute atomic E-state index is 0.197. The number of hydrogen-bond donors (Lipinski definition) is 2. The molecule has 2 amide bonds. The van der Waals surface area contributed by atoms with Crippen molar-refractivity contribution < 1.29 is 18.4 Å². The van der Waals surface area contributed by atoms with Gasteiger partial charge in [0, 0.05) is 23.3 Å². The third-order valence-corrected chi connectivity index (χ3v) is 8.47. The first kappa shape index (κ1) is 26.3. The second-order valence-corrected chi connectivity index (χ2v) is 11.3. The van der Waals surface area contributed by atoms with Crippen LogP contribution in [0.15, 0.2) is 48.7 Å². The number of benzene rings is 2. The Morgan fingerprint density at radius 2 is 1.83 bits per heavy atom. The molecule has 0 spiro atoms. The molecule has 9 heteroatoms. The fourth-order valence-electron chi connectivity index (χ4n) is 4.25. The Labute approximate surface area is 218 Å². The van der Waals surface area contributed by atoms with Crippen molar-refractivity contribution >= 4 is 40.0 Å². The Hall–Kier alpha value is -2.78. The zero-order chi connectivity index (χ0) is 25.5. The highest BCUT2D eigenvalue weighted by Gasteiger charge is 2.19. The van der Waals surface area contributed by atoms with Crippen LogP contribution in [0, 0.1) is 11.6 Å². The first-order valence-electron chi connectivity index (χ1n) is 12.1. The predicted molar refractivity (Wildman–Crippen MR) is 142 cm³/mol. The largest absolute Gasteiger partial charge is 0.344 e. The smallest absolute Gasteiger partial charge is 0.248 e. The third kappa shape index (κ3) is 7.36. The van der Waals surface area contributed by atoms with Crippen molar-refractivity contribution in [3.63, 3.8) is 0 Å². The van der Waals surface area contributed by atoms with E-state index in [1.807, 2.05) is 23.9 Å². The zero-order valence-corrected chi connectivity index (χ0v) is 21.7. The van der Waals surface area contributed by atoms with E-state index in [0.29, 0.717) is 5.13 Å². The van der Waals surface area contributed by atoms with Gasteiger partial charge in [-0.25, -0.2) is 13.8 Å². The molecular weight excluding hydrogens is 500 g/mol. The molecule has 36 heavy (non-hydrogen) atoms. The number of carbonyl (C=O) groups is 2. The zero-order valence-electron chi connectivity index (χ0n) is 20.1. The van der Waals surface area contributed by atoms with Gasteiger partial charge in [0.05, 0.1) is 11.3 Å². The number of aromatic nitrogens is 1. The van der Waals surface area contributed by atoms with Gasteiger partial charge in [-0.15, -0.1) is 0 Å². The first-order valence-corrected chi connectivity index (χ1v) is 13.9. The molecule has 0 aliphatic heterocycles. The van der Waals surface area contributed by atoms with Crippen LogP contribution in [0.4, 0.5) is 13.9 Å². The van der Waals surface area contributed by atoms with Crippen molar-refractivity contribution in [1.82, 2.24) is 10.3 Å². The van der Waals surface area contributed by atoms with Crippen LogP contribution in [0.3, 0.4) is 0 Å². The highest BCUT2D eigenvalue weighted by atomic mass is 32.2. The Balaban J connectivity index is 1.33. The van der Waals surface area contributed by atoms with Gasteiger partial charge in [0.25, 0.3) is 0 Å². The minimum atomic E-state index is -0.845. The number of hydrogen-bond acceptors (Lipinski definition) is 5. The summed E-state index contributed by atoms with van der Waals surface area (Å²) in [6.07, 6.45) is 8.08. The standard InChI is InChI=1S/C27H29F2N3O2S2/c1-17(31-25(33)13-18-11-20(28)14-21(29)12-18)26(34)32-27-30-15-24(36-27)23-10-6-5-7-19(23)16-35-22-8-3-2-4-9-22/h5-7,10-12,14-15,17,22H,2-4,8-9,13,16H2,1H3,(H,31,33)(H,30,32,34)/t17-/m0/s1. The lowest BCUT2D eigenvalue weighted by Gasteiger charge is -2.21. The first-order chi connectivity index (χ1) is 17.4. The molecule has 2 aromatic carbocycles. The van der Waals surface area contributed by atoms with Crippen molar-refractivity contribution in [3.05, 3.63) is 71.4 Å². The summed E-state index contributed by atoms with van der Waals surface area (Å²) in [7, 11) is 0. The van der Waals surface area contributed by atoms with Crippen LogP contribution in [0.25, 0.3) is 10.4 Å². The molecule has 1 aromatic heterocycles. The van der Waals surface area contributed by atoms with Gasteiger partial charge in [0.15, 0.2) is 5.13 Å². The summed E-state index contributed by atoms with van der Waals surface area (Å²) in [4.78, 5) is 30.2. The van der Waals surface area contributed by atoms with E-state index in [1.165, 1.54) is 49.0 Å². The molecule has 0 unspecified atom stereocenters. The molecule has 4 rings (SSSR count). The summed E-state index contributed by atoms with van der Waals surface area (Å²) >= 11 is 3.40. The monoisotopic (exact) mass is 529 g/mol. The van der Waals surface area contributed by atoms with E-state index in [4.69, 9.17) is 0 Å². The number of thioether (sulfide) groups is 1. The van der Waals surface area contributed by atoms with Crippen LogP contribution in [0.2, 0.25) is 0 Å². The second kappa shape index (κ2) is 12.5. The Morgan fingerprint density at radius 3 is 2.58 bits per heavy atom. The highest BCUT2D eigenvalue weighted by molar-refractivity contribution is 7.99. The van der Waals surface area contributed by atoms with E-state index in [0.717, 1.165) is 39.6 Å². The topological polar surface area (TPSA) is 71.1 Å². The van der Waals surface area contributed by atoms with E-state index in [9.17, 15) is 18.4 Å². The molecule has 190 valence electrons. The molecule has 1 fully saturated rings. The summed E-state index contributed by atoms with van der Waals surface area (Å²) in [6.45, 7) is 1.55. The maximum absolute atomic E-state index is 13.3. The van der Waals surface area contributed by atoms with Crippen molar-refractivity contribution in [2.24, 2.45) is 0 Å². The lowest BCUT2D eigenvalue weighted by molar-refractivity contribution is -0.125. The van der Waals surface area contributed by atoms with Gasteiger partial charge < -0.3 is 10.6 Å². The number of nitrogens with one attached hydrogen (secondary N) is 2. The molecule has 1 heterocycles. The van der Waals surface area contributed by atoms with E-state index in [2.05, 4.69) is 27.8 Å². The number of carbonyl (C=O) groups excluding carboxylic acids is 2. The number of anilines is 1.